The molecule has 1 aromatic carbocycles. The summed E-state index contributed by atoms with van der Waals surface area (Å²) in [5.41, 5.74) is 1.30. The Kier molecular flexibility index (Phi) is 2.12. The molecule has 0 spiro atoms. The van der Waals surface area contributed by atoms with Crippen molar-refractivity contribution in [1.82, 2.24) is 0 Å². The Balaban J connectivity index is 2.12. The van der Waals surface area contributed by atoms with E-state index in [1.807, 2.05) is 6.07 Å². The van der Waals surface area contributed by atoms with Gasteiger partial charge < -0.3 is 4.74 Å². The Morgan fingerprint density at radius 1 is 1.46 bits per heavy atom. The van der Waals surface area contributed by atoms with Gasteiger partial charge in [-0.2, -0.15) is 0 Å². The van der Waals surface area contributed by atoms with Crippen LogP contribution in [0.3, 0.4) is 0 Å². The molecule has 1 saturated heterocycles. The summed E-state index contributed by atoms with van der Waals surface area (Å²) in [4.78, 5) is 0. The highest BCUT2D eigenvalue weighted by Crippen LogP contribution is 2.32. The molecular formula is C12H15O. The third-order valence-corrected chi connectivity index (χ3v) is 2.55. The van der Waals surface area contributed by atoms with Crippen molar-refractivity contribution >= 4 is 0 Å². The fraction of sp³-hybridized carbons (Fsp3) is 0.417. The second-order valence-corrected chi connectivity index (χ2v) is 4.09. The number of ether oxygens (including phenoxy) is 1. The molecule has 0 aromatic heterocycles. The van der Waals surface area contributed by atoms with Gasteiger partial charge in [-0.25, -0.2) is 0 Å². The molecule has 2 atom stereocenters. The van der Waals surface area contributed by atoms with Gasteiger partial charge in [0, 0.05) is 0 Å². The van der Waals surface area contributed by atoms with Gasteiger partial charge in [-0.1, -0.05) is 37.3 Å². The Morgan fingerprint density at radius 2 is 2.08 bits per heavy atom. The Morgan fingerprint density at radius 3 is 2.62 bits per heavy atom. The average molecular weight is 175 g/mol. The standard InChI is InChI=1S/C12H15O/c1-12(2,8-11-9-13-11)10-6-4-3-5-7-10/h3-7,11H,1,8-9H2,2H3. The van der Waals surface area contributed by atoms with Crippen LogP contribution in [0.15, 0.2) is 30.3 Å². The third-order valence-electron chi connectivity index (χ3n) is 2.55. The Hall–Kier alpha value is -0.820. The van der Waals surface area contributed by atoms with Crippen molar-refractivity contribution in [2.45, 2.75) is 24.9 Å². The molecule has 0 aliphatic carbocycles. The number of rotatable bonds is 3. The molecule has 1 aliphatic rings. The minimum atomic E-state index is 0.00241. The maximum atomic E-state index is 5.23. The van der Waals surface area contributed by atoms with E-state index in [1.54, 1.807) is 0 Å². The maximum absolute atomic E-state index is 5.23. The summed E-state index contributed by atoms with van der Waals surface area (Å²) in [5, 5.41) is 0. The zero-order valence-electron chi connectivity index (χ0n) is 7.99. The molecule has 0 amide bonds. The number of benzene rings is 1. The molecule has 1 nitrogen and oxygen atoms in total. The van der Waals surface area contributed by atoms with E-state index in [1.165, 1.54) is 5.56 Å². The van der Waals surface area contributed by atoms with E-state index in [0.717, 1.165) is 13.0 Å². The quantitative estimate of drug-likeness (QED) is 0.643. The first-order chi connectivity index (χ1) is 6.18. The lowest BCUT2D eigenvalue weighted by molar-refractivity contribution is 0.360. The molecule has 1 fully saturated rings. The molecule has 1 aliphatic heterocycles. The van der Waals surface area contributed by atoms with Crippen LogP contribution in [-0.4, -0.2) is 12.7 Å². The summed E-state index contributed by atoms with van der Waals surface area (Å²) >= 11 is 0. The maximum Gasteiger partial charge on any atom is 0.0818 e. The van der Waals surface area contributed by atoms with Crippen LogP contribution in [0, 0.1) is 6.92 Å². The molecule has 0 saturated carbocycles. The molecule has 69 valence electrons. The highest BCUT2D eigenvalue weighted by atomic mass is 16.6. The van der Waals surface area contributed by atoms with Gasteiger partial charge >= 0.3 is 0 Å². The van der Waals surface area contributed by atoms with E-state index < -0.39 is 0 Å². The van der Waals surface area contributed by atoms with E-state index in [9.17, 15) is 0 Å². The van der Waals surface area contributed by atoms with E-state index >= 15 is 0 Å². The van der Waals surface area contributed by atoms with E-state index in [4.69, 9.17) is 4.74 Å². The van der Waals surface area contributed by atoms with Crippen LogP contribution in [0.2, 0.25) is 0 Å². The molecule has 2 unspecified atom stereocenters. The molecule has 1 heteroatoms. The van der Waals surface area contributed by atoms with Crippen molar-refractivity contribution in [3.8, 4) is 0 Å². The molecule has 2 rings (SSSR count). The second-order valence-electron chi connectivity index (χ2n) is 4.09. The molecule has 1 radical (unpaired) electrons. The van der Waals surface area contributed by atoms with Crippen molar-refractivity contribution in [2.75, 3.05) is 6.61 Å². The van der Waals surface area contributed by atoms with Crippen molar-refractivity contribution < 1.29 is 4.74 Å². The van der Waals surface area contributed by atoms with Crippen molar-refractivity contribution in [3.05, 3.63) is 42.8 Å². The average Bonchev–Trinajstić information content (AvgIpc) is 2.89. The van der Waals surface area contributed by atoms with Gasteiger partial charge in [0.1, 0.15) is 0 Å². The van der Waals surface area contributed by atoms with Crippen LogP contribution in [0.25, 0.3) is 0 Å². The van der Waals surface area contributed by atoms with E-state index in [-0.39, 0.29) is 5.41 Å². The zero-order chi connectivity index (χ0) is 9.31. The van der Waals surface area contributed by atoms with E-state index in [0.29, 0.717) is 6.10 Å². The first kappa shape index (κ1) is 8.76. The predicted octanol–water partition coefficient (Wildman–Crippen LogP) is 2.57. The van der Waals surface area contributed by atoms with Gasteiger partial charge in [-0.3, -0.25) is 0 Å². The first-order valence-electron chi connectivity index (χ1n) is 4.71. The topological polar surface area (TPSA) is 12.5 Å². The van der Waals surface area contributed by atoms with Gasteiger partial charge in [-0.05, 0) is 24.3 Å². The summed E-state index contributed by atoms with van der Waals surface area (Å²) in [6.07, 6.45) is 1.47. The summed E-state index contributed by atoms with van der Waals surface area (Å²) in [5.74, 6) is 0. The normalized spacial score (nSPS) is 21.5. The Labute approximate surface area is 79.7 Å². The highest BCUT2D eigenvalue weighted by Gasteiger charge is 2.32. The predicted molar refractivity (Wildman–Crippen MR) is 53.5 cm³/mol. The van der Waals surface area contributed by atoms with Crippen LogP contribution >= 0.6 is 0 Å². The molecule has 0 bridgehead atoms. The molecule has 1 heterocycles. The lowest BCUT2D eigenvalue weighted by Crippen LogP contribution is -2.19. The van der Waals surface area contributed by atoms with Crippen LogP contribution in [-0.2, 0) is 10.2 Å². The smallest absolute Gasteiger partial charge is 0.0818 e. The van der Waals surface area contributed by atoms with Crippen LogP contribution in [0.4, 0.5) is 0 Å². The molecule has 1 aromatic rings. The summed E-state index contributed by atoms with van der Waals surface area (Å²) in [6.45, 7) is 7.33. The van der Waals surface area contributed by atoms with Crippen molar-refractivity contribution in [1.29, 1.82) is 0 Å². The minimum absolute atomic E-state index is 0.00241. The molecule has 0 N–H and O–H groups in total. The van der Waals surface area contributed by atoms with Gasteiger partial charge in [0.05, 0.1) is 12.7 Å². The fourth-order valence-corrected chi connectivity index (χ4v) is 1.65. The largest absolute Gasteiger partial charge is 0.373 e. The monoisotopic (exact) mass is 175 g/mol. The van der Waals surface area contributed by atoms with Gasteiger partial charge in [0.2, 0.25) is 0 Å². The number of epoxide rings is 1. The highest BCUT2D eigenvalue weighted by molar-refractivity contribution is 5.26. The lowest BCUT2D eigenvalue weighted by Gasteiger charge is -2.23. The molecular weight excluding hydrogens is 160 g/mol. The van der Waals surface area contributed by atoms with Gasteiger partial charge in [0.15, 0.2) is 0 Å². The first-order valence-corrected chi connectivity index (χ1v) is 4.71. The van der Waals surface area contributed by atoms with Gasteiger partial charge in [0.25, 0.3) is 0 Å². The SMILES string of the molecule is [CH2]C(C)(CC1CO1)c1ccccc1. The fourth-order valence-electron chi connectivity index (χ4n) is 1.65. The number of hydrogen-bond acceptors (Lipinski definition) is 1. The van der Waals surface area contributed by atoms with Crippen LogP contribution in [0.5, 0.6) is 0 Å². The van der Waals surface area contributed by atoms with Crippen molar-refractivity contribution in [2.24, 2.45) is 0 Å². The summed E-state index contributed by atoms with van der Waals surface area (Å²) in [7, 11) is 0. The Bertz CT molecular complexity index is 272. The van der Waals surface area contributed by atoms with Crippen molar-refractivity contribution in [3.63, 3.8) is 0 Å². The van der Waals surface area contributed by atoms with Gasteiger partial charge in [-0.15, -0.1) is 0 Å². The summed E-state index contributed by atoms with van der Waals surface area (Å²) in [6, 6.07) is 10.4. The minimum Gasteiger partial charge on any atom is -0.373 e. The van der Waals surface area contributed by atoms with Crippen LogP contribution in [0.1, 0.15) is 18.9 Å². The second kappa shape index (κ2) is 3.15. The lowest BCUT2D eigenvalue weighted by atomic mass is 9.81. The summed E-state index contributed by atoms with van der Waals surface area (Å²) < 4.78 is 5.23. The van der Waals surface area contributed by atoms with Crippen LogP contribution < -0.4 is 0 Å². The number of hydrogen-bond donors (Lipinski definition) is 0. The van der Waals surface area contributed by atoms with E-state index in [2.05, 4.69) is 38.1 Å². The zero-order valence-corrected chi connectivity index (χ0v) is 7.99. The molecule has 13 heavy (non-hydrogen) atoms. The third kappa shape index (κ3) is 2.10.